The van der Waals surface area contributed by atoms with E-state index < -0.39 is 0 Å². The summed E-state index contributed by atoms with van der Waals surface area (Å²) in [5, 5.41) is 7.27. The average molecular weight is 460 g/mol. The third-order valence-electron chi connectivity index (χ3n) is 6.01. The molecule has 1 fully saturated rings. The molecule has 0 saturated heterocycles. The molecule has 2 aromatic heterocycles. The predicted octanol–water partition coefficient (Wildman–Crippen LogP) is 1.63. The Morgan fingerprint density at radius 2 is 1.74 bits per heavy atom. The third-order valence-corrected chi connectivity index (χ3v) is 6.01. The summed E-state index contributed by atoms with van der Waals surface area (Å²) in [6.45, 7) is 0.676. The number of hydrogen-bond donors (Lipinski definition) is 1. The number of benzene rings is 1. The van der Waals surface area contributed by atoms with Crippen molar-refractivity contribution in [1.82, 2.24) is 29.5 Å². The Labute approximate surface area is 195 Å². The lowest BCUT2D eigenvalue weighted by Gasteiger charge is -2.13. The molecule has 5 rings (SSSR count). The number of rotatable bonds is 9. The topological polar surface area (TPSA) is 119 Å². The molecule has 3 aromatic rings. The van der Waals surface area contributed by atoms with Gasteiger partial charge in [-0.2, -0.15) is 0 Å². The van der Waals surface area contributed by atoms with Crippen molar-refractivity contribution in [2.24, 2.45) is 0 Å². The largest absolute Gasteiger partial charge is 0.354 e. The summed E-state index contributed by atoms with van der Waals surface area (Å²) in [5.41, 5.74) is 1.39. The number of nitrogens with one attached hydrogen (secondary N) is 1. The molecule has 3 amide bonds. The lowest BCUT2D eigenvalue weighted by atomic mass is 10.1. The minimum absolute atomic E-state index is 0.160. The third kappa shape index (κ3) is 4.14. The van der Waals surface area contributed by atoms with Crippen LogP contribution in [-0.2, 0) is 11.3 Å². The van der Waals surface area contributed by atoms with Crippen LogP contribution in [0.5, 0.6) is 0 Å². The van der Waals surface area contributed by atoms with E-state index >= 15 is 0 Å². The Hall–Kier alpha value is -4.08. The lowest BCUT2D eigenvalue weighted by Crippen LogP contribution is -2.33. The average Bonchev–Trinajstić information content (AvgIpc) is 3.60. The van der Waals surface area contributed by atoms with Crippen molar-refractivity contribution in [2.75, 3.05) is 13.1 Å². The molecule has 174 valence electrons. The van der Waals surface area contributed by atoms with Crippen LogP contribution < -0.4 is 11.0 Å². The summed E-state index contributed by atoms with van der Waals surface area (Å²) < 4.78 is 3.08. The zero-order valence-corrected chi connectivity index (χ0v) is 18.5. The van der Waals surface area contributed by atoms with Crippen LogP contribution in [0, 0.1) is 0 Å². The van der Waals surface area contributed by atoms with Gasteiger partial charge in [-0.1, -0.05) is 12.1 Å². The summed E-state index contributed by atoms with van der Waals surface area (Å²) in [6, 6.07) is 10.5. The van der Waals surface area contributed by atoms with Gasteiger partial charge in [0.2, 0.25) is 5.91 Å². The first-order valence-electron chi connectivity index (χ1n) is 11.4. The maximum absolute atomic E-state index is 12.9. The number of carbonyl (C=O) groups is 3. The molecule has 10 heteroatoms. The minimum Gasteiger partial charge on any atom is -0.354 e. The minimum atomic E-state index is -0.323. The molecule has 1 aliphatic carbocycles. The lowest BCUT2D eigenvalue weighted by molar-refractivity contribution is -0.121. The molecule has 0 spiro atoms. The summed E-state index contributed by atoms with van der Waals surface area (Å²) in [6.07, 6.45) is 5.77. The van der Waals surface area contributed by atoms with Crippen LogP contribution in [0.15, 0.2) is 53.6 Å². The van der Waals surface area contributed by atoms with E-state index in [0.29, 0.717) is 23.4 Å². The van der Waals surface area contributed by atoms with E-state index in [-0.39, 0.29) is 55.5 Å². The van der Waals surface area contributed by atoms with E-state index in [9.17, 15) is 19.2 Å². The van der Waals surface area contributed by atoms with Gasteiger partial charge in [0, 0.05) is 43.5 Å². The van der Waals surface area contributed by atoms with Crippen LogP contribution in [0.2, 0.25) is 0 Å². The van der Waals surface area contributed by atoms with Gasteiger partial charge in [0.05, 0.1) is 17.7 Å². The number of aromatic nitrogens is 4. The fourth-order valence-corrected chi connectivity index (χ4v) is 4.15. The molecule has 1 N–H and O–H groups in total. The zero-order chi connectivity index (χ0) is 23.7. The first-order valence-corrected chi connectivity index (χ1v) is 11.4. The van der Waals surface area contributed by atoms with Crippen LogP contribution in [0.3, 0.4) is 0 Å². The van der Waals surface area contributed by atoms with Gasteiger partial charge < -0.3 is 5.32 Å². The van der Waals surface area contributed by atoms with E-state index in [1.54, 1.807) is 47.3 Å². The van der Waals surface area contributed by atoms with Crippen molar-refractivity contribution in [1.29, 1.82) is 0 Å². The van der Waals surface area contributed by atoms with E-state index in [0.717, 1.165) is 18.4 Å². The molecule has 1 saturated carbocycles. The highest BCUT2D eigenvalue weighted by Crippen LogP contribution is 2.36. The van der Waals surface area contributed by atoms with Crippen LogP contribution >= 0.6 is 0 Å². The van der Waals surface area contributed by atoms with Crippen molar-refractivity contribution in [3.63, 3.8) is 0 Å². The molecule has 1 aromatic carbocycles. The summed E-state index contributed by atoms with van der Waals surface area (Å²) in [7, 11) is 0. The van der Waals surface area contributed by atoms with Gasteiger partial charge in [-0.3, -0.25) is 28.8 Å². The van der Waals surface area contributed by atoms with Gasteiger partial charge in [0.15, 0.2) is 5.82 Å². The molecule has 0 atom stereocenters. The van der Waals surface area contributed by atoms with E-state index in [4.69, 9.17) is 0 Å². The Morgan fingerprint density at radius 3 is 2.38 bits per heavy atom. The Kier molecular flexibility index (Phi) is 5.79. The van der Waals surface area contributed by atoms with Crippen molar-refractivity contribution < 1.29 is 14.4 Å². The van der Waals surface area contributed by atoms with E-state index in [1.807, 2.05) is 6.07 Å². The van der Waals surface area contributed by atoms with E-state index in [2.05, 4.69) is 15.4 Å². The second kappa shape index (κ2) is 9.05. The highest BCUT2D eigenvalue weighted by molar-refractivity contribution is 6.21. The van der Waals surface area contributed by atoms with Crippen LogP contribution in [0.25, 0.3) is 11.4 Å². The van der Waals surface area contributed by atoms with Crippen LogP contribution in [-0.4, -0.2) is 55.0 Å². The predicted molar refractivity (Wildman–Crippen MR) is 122 cm³/mol. The normalized spacial score (nSPS) is 15.0. The molecule has 1 aliphatic heterocycles. The maximum atomic E-state index is 12.9. The number of imide groups is 1. The monoisotopic (exact) mass is 460 g/mol. The summed E-state index contributed by atoms with van der Waals surface area (Å²) in [4.78, 5) is 55.2. The Balaban J connectivity index is 1.13. The molecular weight excluding hydrogens is 436 g/mol. The second-order valence-electron chi connectivity index (χ2n) is 8.43. The molecule has 10 nitrogen and oxygen atoms in total. The Bertz CT molecular complexity index is 1270. The van der Waals surface area contributed by atoms with Crippen molar-refractivity contribution in [2.45, 2.75) is 38.3 Å². The molecule has 0 bridgehead atoms. The van der Waals surface area contributed by atoms with Crippen LogP contribution in [0.1, 0.15) is 52.4 Å². The smallest absolute Gasteiger partial charge is 0.346 e. The number of pyridine rings is 1. The van der Waals surface area contributed by atoms with Gasteiger partial charge >= 0.3 is 5.69 Å². The molecule has 0 radical (unpaired) electrons. The molecule has 0 unspecified atom stereocenters. The molecule has 34 heavy (non-hydrogen) atoms. The summed E-state index contributed by atoms with van der Waals surface area (Å²) >= 11 is 0. The number of fused-ring (bicyclic) bond motifs is 1. The highest BCUT2D eigenvalue weighted by atomic mass is 16.2. The second-order valence-corrected chi connectivity index (χ2v) is 8.43. The number of carbonyl (C=O) groups excluding carboxylic acids is 3. The SMILES string of the molecule is O=C(CCCN1C(=O)c2ccccc2C1=O)NCCn1nc(-c2cccnc2)n(C2CC2)c1=O. The zero-order valence-electron chi connectivity index (χ0n) is 18.5. The molecular formula is C24H24N6O4. The van der Waals surface area contributed by atoms with Gasteiger partial charge in [0.1, 0.15) is 0 Å². The number of amides is 3. The molecule has 2 aliphatic rings. The van der Waals surface area contributed by atoms with Gasteiger partial charge in [-0.15, -0.1) is 5.10 Å². The first-order chi connectivity index (χ1) is 16.5. The van der Waals surface area contributed by atoms with Crippen LogP contribution in [0.4, 0.5) is 0 Å². The van der Waals surface area contributed by atoms with Crippen molar-refractivity contribution in [3.05, 3.63) is 70.4 Å². The number of hydrogen-bond acceptors (Lipinski definition) is 6. The highest BCUT2D eigenvalue weighted by Gasteiger charge is 2.34. The maximum Gasteiger partial charge on any atom is 0.346 e. The quantitative estimate of drug-likeness (QED) is 0.485. The Morgan fingerprint density at radius 1 is 1.00 bits per heavy atom. The van der Waals surface area contributed by atoms with Gasteiger partial charge in [-0.05, 0) is 43.5 Å². The number of nitrogens with zero attached hydrogens (tertiary/aromatic N) is 5. The van der Waals surface area contributed by atoms with Crippen molar-refractivity contribution >= 4 is 17.7 Å². The van der Waals surface area contributed by atoms with Crippen molar-refractivity contribution in [3.8, 4) is 11.4 Å². The first kappa shape index (κ1) is 21.7. The van der Waals surface area contributed by atoms with Gasteiger partial charge in [0.25, 0.3) is 11.8 Å². The van der Waals surface area contributed by atoms with E-state index in [1.165, 1.54) is 9.58 Å². The summed E-state index contributed by atoms with van der Waals surface area (Å²) in [5.74, 6) is -0.265. The molecule has 3 heterocycles. The fraction of sp³-hybridized carbons (Fsp3) is 0.333. The fourth-order valence-electron chi connectivity index (χ4n) is 4.15. The van der Waals surface area contributed by atoms with Gasteiger partial charge in [-0.25, -0.2) is 9.48 Å². The standard InChI is InChI=1S/C24H24N6O4/c31-20(8-4-13-28-22(32)18-6-1-2-7-19(18)23(28)33)26-12-14-29-24(34)30(17-9-10-17)21(27-29)16-5-3-11-25-15-16/h1-3,5-7,11,15,17H,4,8-10,12-14H2,(H,26,31).